The van der Waals surface area contributed by atoms with Crippen molar-refractivity contribution in [2.24, 2.45) is 0 Å². The fraction of sp³-hybridized carbons (Fsp3) is 0.160. The fourth-order valence-corrected chi connectivity index (χ4v) is 5.93. The van der Waals surface area contributed by atoms with Crippen molar-refractivity contribution in [3.63, 3.8) is 0 Å². The lowest BCUT2D eigenvalue weighted by atomic mass is 10.1. The summed E-state index contributed by atoms with van der Waals surface area (Å²) in [5, 5.41) is 14.1. The Labute approximate surface area is 198 Å². The number of para-hydroxylation sites is 1. The summed E-state index contributed by atoms with van der Waals surface area (Å²) in [6.07, 6.45) is 0.767. The summed E-state index contributed by atoms with van der Waals surface area (Å²) in [5.74, 6) is 0.450. The van der Waals surface area contributed by atoms with Crippen molar-refractivity contribution in [1.82, 2.24) is 0 Å². The van der Waals surface area contributed by atoms with E-state index in [1.165, 1.54) is 23.9 Å². The molecule has 0 amide bonds. The molecule has 0 heterocycles. The van der Waals surface area contributed by atoms with Gasteiger partial charge in [-0.2, -0.15) is 5.26 Å². The molecular weight excluding hydrogens is 460 g/mol. The monoisotopic (exact) mass is 482 g/mol. The second-order valence-corrected chi connectivity index (χ2v) is 10.4. The van der Waals surface area contributed by atoms with E-state index in [0.717, 1.165) is 28.8 Å². The number of nitrogens with one attached hydrogen (secondary N) is 1. The van der Waals surface area contributed by atoms with Crippen molar-refractivity contribution in [2.45, 2.75) is 30.9 Å². The molecule has 0 aliphatic heterocycles. The number of hydrogen-bond donors (Lipinski definition) is 1. The van der Waals surface area contributed by atoms with Gasteiger partial charge in [-0.1, -0.05) is 67.1 Å². The predicted octanol–water partition coefficient (Wildman–Crippen LogP) is 6.72. The number of aryl methyl sites for hydroxylation is 2. The minimum atomic E-state index is -4.01. The molecule has 0 bridgehead atoms. The van der Waals surface area contributed by atoms with Crippen molar-refractivity contribution >= 4 is 38.9 Å². The van der Waals surface area contributed by atoms with Crippen LogP contribution < -0.4 is 5.32 Å². The van der Waals surface area contributed by atoms with Crippen molar-refractivity contribution < 1.29 is 8.42 Å². The SMILES string of the molecule is CCc1cccc(C)c1N/C(SCc1cccc(Cl)c1)=C(/C#N)S(=O)(=O)c1ccccc1. The number of nitrogens with zero attached hydrogens (tertiary/aromatic N) is 1. The maximum atomic E-state index is 13.3. The maximum Gasteiger partial charge on any atom is 0.219 e. The van der Waals surface area contributed by atoms with Crippen LogP contribution in [0.3, 0.4) is 0 Å². The second-order valence-electron chi connectivity index (χ2n) is 7.09. The van der Waals surface area contributed by atoms with Gasteiger partial charge in [0.25, 0.3) is 0 Å². The van der Waals surface area contributed by atoms with Crippen molar-refractivity contribution in [1.29, 1.82) is 5.26 Å². The quantitative estimate of drug-likeness (QED) is 0.361. The Bertz CT molecular complexity index is 1280. The van der Waals surface area contributed by atoms with Crippen LogP contribution in [0.5, 0.6) is 0 Å². The van der Waals surface area contributed by atoms with Crippen molar-refractivity contribution in [2.75, 3.05) is 5.32 Å². The van der Waals surface area contributed by atoms with Gasteiger partial charge in [0.05, 0.1) is 4.90 Å². The number of hydrogen-bond acceptors (Lipinski definition) is 5. The molecule has 0 aromatic heterocycles. The van der Waals surface area contributed by atoms with E-state index in [4.69, 9.17) is 11.6 Å². The molecule has 0 aliphatic carbocycles. The zero-order chi connectivity index (χ0) is 23.1. The first kappa shape index (κ1) is 23.9. The van der Waals surface area contributed by atoms with Crippen LogP contribution in [0.4, 0.5) is 5.69 Å². The number of rotatable bonds is 8. The summed E-state index contributed by atoms with van der Waals surface area (Å²) < 4.78 is 26.7. The van der Waals surface area contributed by atoms with Gasteiger partial charge in [0.1, 0.15) is 11.1 Å². The molecule has 0 radical (unpaired) electrons. The highest BCUT2D eigenvalue weighted by Crippen LogP contribution is 2.33. The van der Waals surface area contributed by atoms with Gasteiger partial charge >= 0.3 is 0 Å². The standard InChI is InChI=1S/C25H23ClN2O2S2/c1-3-20-11-7-9-18(2)24(20)28-25(31-17-19-10-8-12-21(26)15-19)23(16-27)32(29,30)22-13-5-4-6-14-22/h4-15,28H,3,17H2,1-2H3/b25-23+. The average molecular weight is 483 g/mol. The third kappa shape index (κ3) is 5.55. The topological polar surface area (TPSA) is 70.0 Å². The molecule has 0 spiro atoms. The molecule has 0 fully saturated rings. The van der Waals surface area contributed by atoms with E-state index < -0.39 is 9.84 Å². The molecule has 0 aliphatic rings. The average Bonchev–Trinajstić information content (AvgIpc) is 2.79. The summed E-state index contributed by atoms with van der Waals surface area (Å²) in [4.78, 5) is -0.222. The van der Waals surface area contributed by atoms with E-state index in [0.29, 0.717) is 15.8 Å². The van der Waals surface area contributed by atoms with E-state index in [9.17, 15) is 13.7 Å². The lowest BCUT2D eigenvalue weighted by Gasteiger charge is -2.18. The maximum absolute atomic E-state index is 13.3. The van der Waals surface area contributed by atoms with Gasteiger partial charge < -0.3 is 5.32 Å². The minimum Gasteiger partial charge on any atom is -0.348 e. The van der Waals surface area contributed by atoms with Gasteiger partial charge in [0, 0.05) is 16.5 Å². The number of halogens is 1. The van der Waals surface area contributed by atoms with E-state index in [2.05, 4.69) is 5.32 Å². The largest absolute Gasteiger partial charge is 0.348 e. The van der Waals surface area contributed by atoms with Crippen molar-refractivity contribution in [3.05, 3.63) is 104 Å². The van der Waals surface area contributed by atoms with Crippen LogP contribution in [0.2, 0.25) is 5.02 Å². The lowest BCUT2D eigenvalue weighted by Crippen LogP contribution is -2.11. The lowest BCUT2D eigenvalue weighted by molar-refractivity contribution is 0.603. The predicted molar refractivity (Wildman–Crippen MR) is 133 cm³/mol. The molecule has 164 valence electrons. The molecule has 3 aromatic carbocycles. The Kier molecular flexibility index (Phi) is 8.03. The van der Waals surface area contributed by atoms with Crippen LogP contribution in [0.1, 0.15) is 23.6 Å². The molecule has 0 atom stereocenters. The molecule has 0 saturated carbocycles. The number of nitriles is 1. The second kappa shape index (κ2) is 10.7. The summed E-state index contributed by atoms with van der Waals surface area (Å²) in [6, 6.07) is 23.3. The summed E-state index contributed by atoms with van der Waals surface area (Å²) in [6.45, 7) is 3.99. The third-order valence-electron chi connectivity index (χ3n) is 4.88. The first-order chi connectivity index (χ1) is 15.4. The fourth-order valence-electron chi connectivity index (χ4n) is 3.21. The van der Waals surface area contributed by atoms with E-state index in [1.807, 2.05) is 56.3 Å². The highest BCUT2D eigenvalue weighted by atomic mass is 35.5. The first-order valence-corrected chi connectivity index (χ1v) is 12.9. The highest BCUT2D eigenvalue weighted by molar-refractivity contribution is 8.04. The molecule has 4 nitrogen and oxygen atoms in total. The van der Waals surface area contributed by atoms with Crippen LogP contribution in [-0.4, -0.2) is 8.42 Å². The first-order valence-electron chi connectivity index (χ1n) is 10.0. The number of thioether (sulfide) groups is 1. The van der Waals surface area contributed by atoms with Crippen LogP contribution in [0, 0.1) is 18.3 Å². The summed E-state index contributed by atoms with van der Waals surface area (Å²) in [7, 11) is -4.01. The molecule has 32 heavy (non-hydrogen) atoms. The van der Waals surface area contributed by atoms with Crippen LogP contribution in [0.15, 0.2) is 87.6 Å². The molecule has 0 unspecified atom stereocenters. The van der Waals surface area contributed by atoms with Crippen molar-refractivity contribution in [3.8, 4) is 6.07 Å². The third-order valence-corrected chi connectivity index (χ3v) is 8.04. The molecule has 7 heteroatoms. The molecule has 3 aromatic rings. The van der Waals surface area contributed by atoms with Crippen LogP contribution in [-0.2, 0) is 22.0 Å². The molecule has 0 saturated heterocycles. The van der Waals surface area contributed by atoms with Crippen LogP contribution >= 0.6 is 23.4 Å². The smallest absolute Gasteiger partial charge is 0.219 e. The number of benzene rings is 3. The Morgan fingerprint density at radius 1 is 1.06 bits per heavy atom. The zero-order valence-electron chi connectivity index (χ0n) is 17.8. The number of allylic oxidation sites excluding steroid dienone is 1. The highest BCUT2D eigenvalue weighted by Gasteiger charge is 2.26. The normalized spacial score (nSPS) is 12.1. The van der Waals surface area contributed by atoms with Gasteiger partial charge in [0.15, 0.2) is 4.91 Å². The number of anilines is 1. The molecular formula is C25H23ClN2O2S2. The summed E-state index contributed by atoms with van der Waals surface area (Å²) >= 11 is 7.38. The zero-order valence-corrected chi connectivity index (χ0v) is 20.2. The number of sulfone groups is 1. The van der Waals surface area contributed by atoms with Gasteiger partial charge in [-0.25, -0.2) is 8.42 Å². The van der Waals surface area contributed by atoms with Gasteiger partial charge in [0.2, 0.25) is 9.84 Å². The van der Waals surface area contributed by atoms with E-state index in [-0.39, 0.29) is 9.80 Å². The Morgan fingerprint density at radius 3 is 2.44 bits per heavy atom. The Balaban J connectivity index is 2.11. The Morgan fingerprint density at radius 2 is 1.78 bits per heavy atom. The minimum absolute atomic E-state index is 0.0831. The summed E-state index contributed by atoms with van der Waals surface area (Å²) in [5.41, 5.74) is 3.76. The van der Waals surface area contributed by atoms with Crippen LogP contribution in [0.25, 0.3) is 0 Å². The Hall–Kier alpha value is -2.72. The molecule has 3 rings (SSSR count). The molecule has 1 N–H and O–H groups in total. The van der Waals surface area contributed by atoms with Gasteiger partial charge in [-0.05, 0) is 54.3 Å². The van der Waals surface area contributed by atoms with Gasteiger partial charge in [-0.3, -0.25) is 0 Å². The van der Waals surface area contributed by atoms with E-state index >= 15 is 0 Å². The van der Waals surface area contributed by atoms with Gasteiger partial charge in [-0.15, -0.1) is 11.8 Å². The van der Waals surface area contributed by atoms with E-state index in [1.54, 1.807) is 24.3 Å².